The van der Waals surface area contributed by atoms with Crippen LogP contribution < -0.4 is 11.1 Å². The van der Waals surface area contributed by atoms with Crippen molar-refractivity contribution in [1.82, 2.24) is 10.2 Å². The minimum Gasteiger partial charge on any atom is -0.369 e. The monoisotopic (exact) mass is 253 g/mol. The number of hydrogen-bond acceptors (Lipinski definition) is 3. The largest absolute Gasteiger partial charge is 0.369 e. The molecule has 1 saturated heterocycles. The van der Waals surface area contributed by atoms with Crippen molar-refractivity contribution in [3.8, 4) is 0 Å². The van der Waals surface area contributed by atoms with Crippen LogP contribution in [0.2, 0.25) is 0 Å². The zero-order chi connectivity index (χ0) is 13.0. The lowest BCUT2D eigenvalue weighted by molar-refractivity contribution is -0.123. The molecule has 1 aliphatic heterocycles. The van der Waals surface area contributed by atoms with Crippen molar-refractivity contribution in [1.29, 1.82) is 0 Å². The number of primary amides is 1. The summed E-state index contributed by atoms with van der Waals surface area (Å²) in [6, 6.07) is 1.39. The molecule has 4 nitrogen and oxygen atoms in total. The highest BCUT2D eigenvalue weighted by atomic mass is 16.1. The van der Waals surface area contributed by atoms with E-state index in [9.17, 15) is 4.79 Å². The van der Waals surface area contributed by atoms with Gasteiger partial charge in [-0.05, 0) is 51.6 Å². The predicted octanol–water partition coefficient (Wildman–Crippen LogP) is 1.10. The third-order valence-electron chi connectivity index (χ3n) is 4.56. The summed E-state index contributed by atoms with van der Waals surface area (Å²) in [5, 5.41) is 3.54. The number of carbonyl (C=O) groups is 1. The first-order chi connectivity index (χ1) is 8.70. The first-order valence-corrected chi connectivity index (χ1v) is 7.47. The van der Waals surface area contributed by atoms with Gasteiger partial charge in [-0.1, -0.05) is 6.92 Å². The Morgan fingerprint density at radius 3 is 2.61 bits per heavy atom. The van der Waals surface area contributed by atoms with E-state index in [1.165, 1.54) is 25.7 Å². The van der Waals surface area contributed by atoms with Crippen LogP contribution in [-0.4, -0.2) is 42.5 Å². The van der Waals surface area contributed by atoms with Crippen molar-refractivity contribution in [2.75, 3.05) is 19.6 Å². The molecule has 0 radical (unpaired) electrons. The summed E-state index contributed by atoms with van der Waals surface area (Å²) in [4.78, 5) is 13.8. The Bertz CT molecular complexity index is 274. The molecule has 4 heteroatoms. The van der Waals surface area contributed by atoms with E-state index >= 15 is 0 Å². The van der Waals surface area contributed by atoms with Crippen LogP contribution in [0.5, 0.6) is 0 Å². The van der Waals surface area contributed by atoms with Crippen molar-refractivity contribution in [3.05, 3.63) is 0 Å². The molecule has 1 unspecified atom stereocenters. The predicted molar refractivity (Wildman–Crippen MR) is 73.2 cm³/mol. The second-order valence-corrected chi connectivity index (χ2v) is 5.80. The zero-order valence-electron chi connectivity index (χ0n) is 11.5. The van der Waals surface area contributed by atoms with Gasteiger partial charge < -0.3 is 11.1 Å². The molecule has 2 fully saturated rings. The average molecular weight is 253 g/mol. The van der Waals surface area contributed by atoms with Gasteiger partial charge in [-0.15, -0.1) is 0 Å². The Labute approximate surface area is 110 Å². The summed E-state index contributed by atoms with van der Waals surface area (Å²) in [7, 11) is 0. The van der Waals surface area contributed by atoms with E-state index in [1.807, 2.05) is 0 Å². The smallest absolute Gasteiger partial charge is 0.221 e. The van der Waals surface area contributed by atoms with Gasteiger partial charge in [0.05, 0.1) is 5.92 Å². The molecule has 1 amide bonds. The molecule has 18 heavy (non-hydrogen) atoms. The molecule has 1 atom stereocenters. The minimum atomic E-state index is -0.110. The molecule has 1 aliphatic carbocycles. The van der Waals surface area contributed by atoms with Crippen LogP contribution in [0.1, 0.15) is 45.4 Å². The van der Waals surface area contributed by atoms with Crippen LogP contribution in [0.15, 0.2) is 0 Å². The number of rotatable bonds is 4. The van der Waals surface area contributed by atoms with Crippen LogP contribution in [0.3, 0.4) is 0 Å². The highest BCUT2D eigenvalue weighted by Gasteiger charge is 2.30. The molecule has 3 N–H and O–H groups in total. The molecule has 0 aromatic heterocycles. The molecule has 0 spiro atoms. The van der Waals surface area contributed by atoms with Gasteiger partial charge in [-0.3, -0.25) is 9.69 Å². The fourth-order valence-corrected chi connectivity index (χ4v) is 3.50. The van der Waals surface area contributed by atoms with E-state index in [0.717, 1.165) is 32.5 Å². The van der Waals surface area contributed by atoms with E-state index < -0.39 is 0 Å². The maximum atomic E-state index is 11.3. The van der Waals surface area contributed by atoms with Crippen LogP contribution in [0.4, 0.5) is 0 Å². The van der Waals surface area contributed by atoms with Crippen molar-refractivity contribution in [3.63, 3.8) is 0 Å². The number of nitrogens with one attached hydrogen (secondary N) is 1. The average Bonchev–Trinajstić information content (AvgIpc) is 2.40. The van der Waals surface area contributed by atoms with Crippen molar-refractivity contribution in [2.45, 2.75) is 57.5 Å². The highest BCUT2D eigenvalue weighted by Crippen LogP contribution is 2.27. The summed E-state index contributed by atoms with van der Waals surface area (Å²) in [5.74, 6) is -0.0220. The van der Waals surface area contributed by atoms with E-state index in [4.69, 9.17) is 5.73 Å². The van der Waals surface area contributed by atoms with Gasteiger partial charge >= 0.3 is 0 Å². The standard InChI is InChI=1S/C14H27N3O/c1-2-16-12-5-7-13(8-6-12)17-9-3-4-11(10-17)14(15)18/h11-13,16H,2-10H2,1H3,(H2,15,18). The van der Waals surface area contributed by atoms with E-state index in [1.54, 1.807) is 0 Å². The first-order valence-electron chi connectivity index (χ1n) is 7.47. The second kappa shape index (κ2) is 6.53. The highest BCUT2D eigenvalue weighted by molar-refractivity contribution is 5.76. The molecule has 1 heterocycles. The molecule has 2 aliphatic rings. The lowest BCUT2D eigenvalue weighted by Gasteiger charge is -2.40. The van der Waals surface area contributed by atoms with Gasteiger partial charge in [0.25, 0.3) is 0 Å². The fraction of sp³-hybridized carbons (Fsp3) is 0.929. The SMILES string of the molecule is CCNC1CCC(N2CCCC(C(N)=O)C2)CC1. The molecule has 0 bridgehead atoms. The van der Waals surface area contributed by atoms with Crippen LogP contribution in [0, 0.1) is 5.92 Å². The zero-order valence-corrected chi connectivity index (χ0v) is 11.5. The van der Waals surface area contributed by atoms with Gasteiger partial charge in [0, 0.05) is 18.6 Å². The third kappa shape index (κ3) is 3.45. The molecular weight excluding hydrogens is 226 g/mol. The summed E-state index contributed by atoms with van der Waals surface area (Å²) in [6.45, 7) is 5.29. The van der Waals surface area contributed by atoms with E-state index in [2.05, 4.69) is 17.1 Å². The Morgan fingerprint density at radius 1 is 1.28 bits per heavy atom. The van der Waals surface area contributed by atoms with Gasteiger partial charge in [-0.25, -0.2) is 0 Å². The van der Waals surface area contributed by atoms with Gasteiger partial charge in [-0.2, -0.15) is 0 Å². The van der Waals surface area contributed by atoms with Crippen LogP contribution in [0.25, 0.3) is 0 Å². The molecule has 104 valence electrons. The molecule has 0 aromatic rings. The number of nitrogens with two attached hydrogens (primary N) is 1. The second-order valence-electron chi connectivity index (χ2n) is 5.80. The lowest BCUT2D eigenvalue weighted by atomic mass is 9.87. The van der Waals surface area contributed by atoms with E-state index in [-0.39, 0.29) is 11.8 Å². The number of nitrogens with zero attached hydrogens (tertiary/aromatic N) is 1. The topological polar surface area (TPSA) is 58.4 Å². The quantitative estimate of drug-likeness (QED) is 0.789. The maximum absolute atomic E-state index is 11.3. The summed E-state index contributed by atoms with van der Waals surface area (Å²) >= 11 is 0. The summed E-state index contributed by atoms with van der Waals surface area (Å²) in [5.41, 5.74) is 5.44. The first kappa shape index (κ1) is 13.8. The Balaban J connectivity index is 1.80. The van der Waals surface area contributed by atoms with Gasteiger partial charge in [0.2, 0.25) is 5.91 Å². The number of carbonyl (C=O) groups excluding carboxylic acids is 1. The number of likely N-dealkylation sites (tertiary alicyclic amines) is 1. The number of piperidine rings is 1. The van der Waals surface area contributed by atoms with Crippen LogP contribution in [-0.2, 0) is 4.79 Å². The van der Waals surface area contributed by atoms with Crippen LogP contribution >= 0.6 is 0 Å². The summed E-state index contributed by atoms with van der Waals surface area (Å²) < 4.78 is 0. The molecule has 2 rings (SSSR count). The normalized spacial score (nSPS) is 34.4. The number of amides is 1. The fourth-order valence-electron chi connectivity index (χ4n) is 3.50. The summed E-state index contributed by atoms with van der Waals surface area (Å²) in [6.07, 6.45) is 7.19. The number of hydrogen-bond donors (Lipinski definition) is 2. The Morgan fingerprint density at radius 2 is 2.00 bits per heavy atom. The molecule has 1 saturated carbocycles. The van der Waals surface area contributed by atoms with E-state index in [0.29, 0.717) is 12.1 Å². The molecular formula is C14H27N3O. The van der Waals surface area contributed by atoms with Crippen molar-refractivity contribution in [2.24, 2.45) is 11.7 Å². The van der Waals surface area contributed by atoms with Crippen molar-refractivity contribution < 1.29 is 4.79 Å². The Kier molecular flexibility index (Phi) is 5.01. The van der Waals surface area contributed by atoms with Gasteiger partial charge in [0.1, 0.15) is 0 Å². The van der Waals surface area contributed by atoms with Gasteiger partial charge in [0.15, 0.2) is 0 Å². The third-order valence-corrected chi connectivity index (χ3v) is 4.56. The Hall–Kier alpha value is -0.610. The molecule has 0 aromatic carbocycles. The van der Waals surface area contributed by atoms with Crippen molar-refractivity contribution >= 4 is 5.91 Å². The lowest BCUT2D eigenvalue weighted by Crippen LogP contribution is -2.48. The maximum Gasteiger partial charge on any atom is 0.221 e. The minimum absolute atomic E-state index is 0.0882.